The predicted octanol–water partition coefficient (Wildman–Crippen LogP) is 2.48. The highest BCUT2D eigenvalue weighted by Crippen LogP contribution is 2.25. The van der Waals surface area contributed by atoms with E-state index in [0.717, 1.165) is 44.8 Å². The first-order valence-electron chi connectivity index (χ1n) is 12.4. The van der Waals surface area contributed by atoms with Crippen LogP contribution in [-0.4, -0.2) is 104 Å². The van der Waals surface area contributed by atoms with E-state index in [9.17, 15) is 14.7 Å². The van der Waals surface area contributed by atoms with E-state index in [1.165, 1.54) is 0 Å². The highest BCUT2D eigenvalue weighted by molar-refractivity contribution is 6.32. The van der Waals surface area contributed by atoms with Gasteiger partial charge < -0.3 is 24.8 Å². The van der Waals surface area contributed by atoms with Gasteiger partial charge in [-0.05, 0) is 35.9 Å². The van der Waals surface area contributed by atoms with E-state index < -0.39 is 0 Å². The predicted molar refractivity (Wildman–Crippen MR) is 142 cm³/mol. The van der Waals surface area contributed by atoms with Crippen molar-refractivity contribution in [1.29, 1.82) is 0 Å². The van der Waals surface area contributed by atoms with Gasteiger partial charge in [-0.25, -0.2) is 0 Å². The molecule has 9 nitrogen and oxygen atoms in total. The van der Waals surface area contributed by atoms with Crippen LogP contribution in [-0.2, 0) is 16.1 Å². The largest absolute Gasteiger partial charge is 0.506 e. The van der Waals surface area contributed by atoms with Gasteiger partial charge in [-0.2, -0.15) is 0 Å². The molecule has 200 valence electrons. The molecule has 0 bridgehead atoms. The number of carbonyl (C=O) groups excluding carboxylic acids is 2. The van der Waals surface area contributed by atoms with Gasteiger partial charge in [0.05, 0.1) is 23.8 Å². The summed E-state index contributed by atoms with van der Waals surface area (Å²) in [5.41, 5.74) is 1.37. The SMILES string of the molecule is O=C(NCCN1CCN(Cc2ccc(Cl)c(O)c2)CC1)c1ccc(Cl)cc1OCC(=O)N1CCOCC1. The van der Waals surface area contributed by atoms with Crippen molar-refractivity contribution < 1.29 is 24.2 Å². The first kappa shape index (κ1) is 27.5. The normalized spacial score (nSPS) is 17.0. The smallest absolute Gasteiger partial charge is 0.260 e. The number of hydrogen-bond acceptors (Lipinski definition) is 7. The molecule has 2 amide bonds. The molecule has 0 radical (unpaired) electrons. The second kappa shape index (κ2) is 13.3. The second-order valence-electron chi connectivity index (χ2n) is 9.08. The van der Waals surface area contributed by atoms with Crippen LogP contribution in [0.5, 0.6) is 11.5 Å². The molecule has 0 aromatic heterocycles. The van der Waals surface area contributed by atoms with E-state index in [2.05, 4.69) is 15.1 Å². The van der Waals surface area contributed by atoms with Gasteiger partial charge in [0.25, 0.3) is 11.8 Å². The molecule has 11 heteroatoms. The standard InChI is InChI=1S/C26H32Cl2N4O5/c27-20-2-3-21(24(16-20)37-18-25(34)32-11-13-36-14-12-32)26(35)29-5-6-30-7-9-31(10-8-30)17-19-1-4-22(28)23(33)15-19/h1-4,15-16,33H,5-14,17-18H2,(H,29,35). The minimum Gasteiger partial charge on any atom is -0.506 e. The minimum absolute atomic E-state index is 0.103. The summed E-state index contributed by atoms with van der Waals surface area (Å²) >= 11 is 12.0. The monoisotopic (exact) mass is 550 g/mol. The molecule has 0 aliphatic carbocycles. The summed E-state index contributed by atoms with van der Waals surface area (Å²) in [7, 11) is 0. The molecule has 4 rings (SSSR count). The summed E-state index contributed by atoms with van der Waals surface area (Å²) in [5, 5.41) is 13.5. The third-order valence-electron chi connectivity index (χ3n) is 6.50. The van der Waals surface area contributed by atoms with Gasteiger partial charge in [0.15, 0.2) is 6.61 Å². The number of nitrogens with zero attached hydrogens (tertiary/aromatic N) is 3. The van der Waals surface area contributed by atoms with Crippen LogP contribution in [0.3, 0.4) is 0 Å². The third kappa shape index (κ3) is 7.96. The van der Waals surface area contributed by atoms with Crippen LogP contribution in [0.4, 0.5) is 0 Å². The maximum atomic E-state index is 12.9. The average molecular weight is 551 g/mol. The zero-order chi connectivity index (χ0) is 26.2. The molecule has 0 saturated carbocycles. The number of nitrogens with one attached hydrogen (secondary N) is 1. The maximum absolute atomic E-state index is 12.9. The average Bonchev–Trinajstić information content (AvgIpc) is 2.91. The zero-order valence-corrected chi connectivity index (χ0v) is 22.1. The quantitative estimate of drug-likeness (QED) is 0.495. The Kier molecular flexibility index (Phi) is 9.88. The minimum atomic E-state index is -0.272. The third-order valence-corrected chi connectivity index (χ3v) is 7.05. The molecule has 0 unspecified atom stereocenters. The number of morpholine rings is 1. The molecule has 2 aromatic rings. The van der Waals surface area contributed by atoms with Crippen molar-refractivity contribution in [2.75, 3.05) is 72.2 Å². The van der Waals surface area contributed by atoms with Gasteiger partial charge in [-0.1, -0.05) is 29.3 Å². The zero-order valence-electron chi connectivity index (χ0n) is 20.6. The second-order valence-corrected chi connectivity index (χ2v) is 9.93. The number of halogens is 2. The molecular formula is C26H32Cl2N4O5. The van der Waals surface area contributed by atoms with Crippen LogP contribution in [0.15, 0.2) is 36.4 Å². The summed E-state index contributed by atoms with van der Waals surface area (Å²) in [6.07, 6.45) is 0. The molecule has 2 aromatic carbocycles. The lowest BCUT2D eigenvalue weighted by molar-refractivity contribution is -0.137. The number of hydrogen-bond donors (Lipinski definition) is 2. The number of phenolic OH excluding ortho intramolecular Hbond substituents is 1. The Morgan fingerprint density at radius 2 is 1.70 bits per heavy atom. The fourth-order valence-electron chi connectivity index (χ4n) is 4.36. The van der Waals surface area contributed by atoms with Crippen LogP contribution < -0.4 is 10.1 Å². The highest BCUT2D eigenvalue weighted by atomic mass is 35.5. The Morgan fingerprint density at radius 1 is 0.973 bits per heavy atom. The van der Waals surface area contributed by atoms with Crippen LogP contribution >= 0.6 is 23.2 Å². The number of amides is 2. The molecule has 2 fully saturated rings. The van der Waals surface area contributed by atoms with Crippen molar-refractivity contribution in [1.82, 2.24) is 20.0 Å². The highest BCUT2D eigenvalue weighted by Gasteiger charge is 2.20. The number of phenols is 1. The van der Waals surface area contributed by atoms with Gasteiger partial charge >= 0.3 is 0 Å². The molecular weight excluding hydrogens is 519 g/mol. The fourth-order valence-corrected chi connectivity index (χ4v) is 4.63. The van der Waals surface area contributed by atoms with E-state index in [0.29, 0.717) is 48.5 Å². The molecule has 37 heavy (non-hydrogen) atoms. The maximum Gasteiger partial charge on any atom is 0.260 e. The van der Waals surface area contributed by atoms with Crippen molar-refractivity contribution in [3.63, 3.8) is 0 Å². The first-order chi connectivity index (χ1) is 17.9. The van der Waals surface area contributed by atoms with E-state index in [4.69, 9.17) is 32.7 Å². The van der Waals surface area contributed by atoms with Crippen molar-refractivity contribution in [2.24, 2.45) is 0 Å². The van der Waals surface area contributed by atoms with E-state index in [-0.39, 0.29) is 29.9 Å². The fraction of sp³-hybridized carbons (Fsp3) is 0.462. The van der Waals surface area contributed by atoms with Gasteiger partial charge in [0.1, 0.15) is 11.5 Å². The Labute approximate surface area is 226 Å². The molecule has 0 spiro atoms. The number of aromatic hydroxyl groups is 1. The van der Waals surface area contributed by atoms with Gasteiger partial charge in [-0.3, -0.25) is 19.4 Å². The number of ether oxygens (including phenoxy) is 2. The molecule has 2 saturated heterocycles. The molecule has 2 heterocycles. The Bertz CT molecular complexity index is 1090. The molecule has 0 atom stereocenters. The Hall–Kier alpha value is -2.56. The van der Waals surface area contributed by atoms with Crippen molar-refractivity contribution in [2.45, 2.75) is 6.54 Å². The summed E-state index contributed by atoms with van der Waals surface area (Å²) < 4.78 is 11.0. The molecule has 2 N–H and O–H groups in total. The van der Waals surface area contributed by atoms with Crippen molar-refractivity contribution in [3.8, 4) is 11.5 Å². The number of carbonyl (C=O) groups is 2. The lowest BCUT2D eigenvalue weighted by Crippen LogP contribution is -2.48. The summed E-state index contributed by atoms with van der Waals surface area (Å²) in [5.74, 6) is -0.0340. The van der Waals surface area contributed by atoms with Gasteiger partial charge in [0, 0.05) is 63.9 Å². The van der Waals surface area contributed by atoms with E-state index in [1.807, 2.05) is 6.07 Å². The lowest BCUT2D eigenvalue weighted by atomic mass is 10.2. The van der Waals surface area contributed by atoms with Crippen LogP contribution in [0.2, 0.25) is 10.0 Å². The topological polar surface area (TPSA) is 94.6 Å². The van der Waals surface area contributed by atoms with Crippen LogP contribution in [0.25, 0.3) is 0 Å². The van der Waals surface area contributed by atoms with Crippen molar-refractivity contribution >= 4 is 35.0 Å². The van der Waals surface area contributed by atoms with Gasteiger partial charge in [0.2, 0.25) is 0 Å². The van der Waals surface area contributed by atoms with E-state index >= 15 is 0 Å². The summed E-state index contributed by atoms with van der Waals surface area (Å²) in [6, 6.07) is 10.1. The van der Waals surface area contributed by atoms with Crippen LogP contribution in [0.1, 0.15) is 15.9 Å². The Balaban J connectivity index is 1.21. The number of benzene rings is 2. The Morgan fingerprint density at radius 3 is 2.43 bits per heavy atom. The number of piperazine rings is 1. The first-order valence-corrected chi connectivity index (χ1v) is 13.1. The summed E-state index contributed by atoms with van der Waals surface area (Å²) in [6.45, 7) is 7.43. The number of rotatable bonds is 9. The van der Waals surface area contributed by atoms with Crippen LogP contribution in [0, 0.1) is 0 Å². The lowest BCUT2D eigenvalue weighted by Gasteiger charge is -2.34. The molecule has 2 aliphatic rings. The van der Waals surface area contributed by atoms with E-state index in [1.54, 1.807) is 35.2 Å². The molecule has 2 aliphatic heterocycles. The van der Waals surface area contributed by atoms with Crippen molar-refractivity contribution in [3.05, 3.63) is 57.6 Å². The summed E-state index contributed by atoms with van der Waals surface area (Å²) in [4.78, 5) is 31.6. The van der Waals surface area contributed by atoms with Gasteiger partial charge in [-0.15, -0.1) is 0 Å².